The first-order chi connectivity index (χ1) is 9.11. The SMILES string of the molecule is C=C(C)COCCNC(C)C(=O)N1CCCCCC1. The van der Waals surface area contributed by atoms with Crippen LogP contribution in [0.3, 0.4) is 0 Å². The Labute approximate surface area is 117 Å². The minimum Gasteiger partial charge on any atom is -0.376 e. The van der Waals surface area contributed by atoms with Crippen LogP contribution in [0.25, 0.3) is 0 Å². The minimum atomic E-state index is -0.119. The minimum absolute atomic E-state index is 0.119. The van der Waals surface area contributed by atoms with Crippen molar-refractivity contribution >= 4 is 5.91 Å². The maximum atomic E-state index is 12.2. The van der Waals surface area contributed by atoms with Crippen LogP contribution in [0.15, 0.2) is 12.2 Å². The maximum absolute atomic E-state index is 12.2. The van der Waals surface area contributed by atoms with Gasteiger partial charge in [0.1, 0.15) is 0 Å². The highest BCUT2D eigenvalue weighted by Gasteiger charge is 2.20. The van der Waals surface area contributed by atoms with Gasteiger partial charge in [-0.25, -0.2) is 0 Å². The molecule has 1 heterocycles. The van der Waals surface area contributed by atoms with Crippen LogP contribution in [0.5, 0.6) is 0 Å². The van der Waals surface area contributed by atoms with E-state index in [-0.39, 0.29) is 11.9 Å². The van der Waals surface area contributed by atoms with E-state index in [4.69, 9.17) is 4.74 Å². The van der Waals surface area contributed by atoms with Gasteiger partial charge in [0.05, 0.1) is 19.3 Å². The van der Waals surface area contributed by atoms with E-state index in [1.807, 2.05) is 18.7 Å². The lowest BCUT2D eigenvalue weighted by molar-refractivity contribution is -0.133. The lowest BCUT2D eigenvalue weighted by Crippen LogP contribution is -2.46. The molecule has 0 bridgehead atoms. The molecule has 110 valence electrons. The maximum Gasteiger partial charge on any atom is 0.239 e. The van der Waals surface area contributed by atoms with Crippen molar-refractivity contribution in [1.29, 1.82) is 0 Å². The largest absolute Gasteiger partial charge is 0.376 e. The smallest absolute Gasteiger partial charge is 0.239 e. The van der Waals surface area contributed by atoms with Crippen molar-refractivity contribution < 1.29 is 9.53 Å². The van der Waals surface area contributed by atoms with Crippen molar-refractivity contribution in [2.24, 2.45) is 0 Å². The third kappa shape index (κ3) is 6.73. The first-order valence-corrected chi connectivity index (χ1v) is 7.35. The van der Waals surface area contributed by atoms with Gasteiger partial charge in [-0.15, -0.1) is 0 Å². The number of amides is 1. The molecule has 4 heteroatoms. The first-order valence-electron chi connectivity index (χ1n) is 7.35. The van der Waals surface area contributed by atoms with Gasteiger partial charge in [-0.3, -0.25) is 4.79 Å². The Bertz CT molecular complexity index is 284. The van der Waals surface area contributed by atoms with Gasteiger partial charge < -0.3 is 15.0 Å². The van der Waals surface area contributed by atoms with Crippen molar-refractivity contribution in [3.05, 3.63) is 12.2 Å². The normalized spacial score (nSPS) is 17.9. The number of nitrogens with one attached hydrogen (secondary N) is 1. The van der Waals surface area contributed by atoms with Crippen molar-refractivity contribution in [2.75, 3.05) is 32.8 Å². The number of carbonyl (C=O) groups is 1. The summed E-state index contributed by atoms with van der Waals surface area (Å²) in [5.74, 6) is 0.224. The molecule has 1 rings (SSSR count). The van der Waals surface area contributed by atoms with Crippen molar-refractivity contribution in [3.63, 3.8) is 0 Å². The van der Waals surface area contributed by atoms with E-state index in [2.05, 4.69) is 11.9 Å². The molecule has 0 radical (unpaired) electrons. The number of hydrogen-bond acceptors (Lipinski definition) is 3. The third-order valence-corrected chi connectivity index (χ3v) is 3.33. The Morgan fingerprint density at radius 2 is 1.95 bits per heavy atom. The van der Waals surface area contributed by atoms with E-state index >= 15 is 0 Å². The standard InChI is InChI=1S/C15H28N2O2/c1-13(2)12-19-11-8-16-14(3)15(18)17-9-6-4-5-7-10-17/h14,16H,1,4-12H2,2-3H3. The molecule has 0 aromatic carbocycles. The zero-order valence-electron chi connectivity index (χ0n) is 12.4. The lowest BCUT2D eigenvalue weighted by Gasteiger charge is -2.24. The van der Waals surface area contributed by atoms with Gasteiger partial charge in [-0.1, -0.05) is 25.0 Å². The van der Waals surface area contributed by atoms with Crippen molar-refractivity contribution in [3.8, 4) is 0 Å². The summed E-state index contributed by atoms with van der Waals surface area (Å²) in [6.45, 7) is 11.4. The summed E-state index contributed by atoms with van der Waals surface area (Å²) in [5, 5.41) is 3.23. The first kappa shape index (κ1) is 16.2. The number of rotatable bonds is 7. The van der Waals surface area contributed by atoms with Crippen molar-refractivity contribution in [2.45, 2.75) is 45.6 Å². The number of carbonyl (C=O) groups excluding carboxylic acids is 1. The zero-order valence-corrected chi connectivity index (χ0v) is 12.4. The lowest BCUT2D eigenvalue weighted by atomic mass is 10.2. The van der Waals surface area contributed by atoms with Gasteiger partial charge >= 0.3 is 0 Å². The number of ether oxygens (including phenoxy) is 1. The molecule has 1 amide bonds. The van der Waals surface area contributed by atoms with E-state index in [0.29, 0.717) is 19.8 Å². The molecular weight excluding hydrogens is 240 g/mol. The van der Waals surface area contributed by atoms with Crippen LogP contribution in [0.2, 0.25) is 0 Å². The van der Waals surface area contributed by atoms with Gasteiger partial charge in [0, 0.05) is 19.6 Å². The Morgan fingerprint density at radius 1 is 1.32 bits per heavy atom. The molecule has 19 heavy (non-hydrogen) atoms. The van der Waals surface area contributed by atoms with Gasteiger partial charge in [0.2, 0.25) is 5.91 Å². The highest BCUT2D eigenvalue weighted by molar-refractivity contribution is 5.81. The molecule has 0 aromatic heterocycles. The fourth-order valence-electron chi connectivity index (χ4n) is 2.25. The Kier molecular flexibility index (Phi) is 7.75. The molecule has 1 aliphatic rings. The summed E-state index contributed by atoms with van der Waals surface area (Å²) in [6.07, 6.45) is 4.78. The van der Waals surface area contributed by atoms with Crippen LogP contribution in [-0.2, 0) is 9.53 Å². The Morgan fingerprint density at radius 3 is 2.53 bits per heavy atom. The second-order valence-corrected chi connectivity index (χ2v) is 5.43. The van der Waals surface area contributed by atoms with Crippen LogP contribution in [0.1, 0.15) is 39.5 Å². The molecule has 4 nitrogen and oxygen atoms in total. The summed E-state index contributed by atoms with van der Waals surface area (Å²) in [6, 6.07) is -0.119. The van der Waals surface area contributed by atoms with E-state index in [0.717, 1.165) is 31.5 Å². The van der Waals surface area contributed by atoms with Crippen LogP contribution in [0.4, 0.5) is 0 Å². The molecule has 1 atom stereocenters. The van der Waals surface area contributed by atoms with E-state index in [1.165, 1.54) is 12.8 Å². The summed E-state index contributed by atoms with van der Waals surface area (Å²) < 4.78 is 5.40. The van der Waals surface area contributed by atoms with Crippen LogP contribution >= 0.6 is 0 Å². The topological polar surface area (TPSA) is 41.6 Å². The van der Waals surface area contributed by atoms with E-state index in [1.54, 1.807) is 0 Å². The Hall–Kier alpha value is -0.870. The van der Waals surface area contributed by atoms with Gasteiger partial charge in [-0.2, -0.15) is 0 Å². The van der Waals surface area contributed by atoms with Gasteiger partial charge in [0.25, 0.3) is 0 Å². The zero-order chi connectivity index (χ0) is 14.1. The number of hydrogen-bond donors (Lipinski definition) is 1. The quantitative estimate of drug-likeness (QED) is 0.567. The summed E-state index contributed by atoms with van der Waals surface area (Å²) in [7, 11) is 0. The van der Waals surface area contributed by atoms with Crippen LogP contribution in [0, 0.1) is 0 Å². The molecule has 0 aliphatic carbocycles. The average Bonchev–Trinajstić information content (AvgIpc) is 2.65. The Balaban J connectivity index is 2.18. The van der Waals surface area contributed by atoms with E-state index in [9.17, 15) is 4.79 Å². The highest BCUT2D eigenvalue weighted by atomic mass is 16.5. The van der Waals surface area contributed by atoms with Gasteiger partial charge in [-0.05, 0) is 26.7 Å². The molecule has 1 saturated heterocycles. The van der Waals surface area contributed by atoms with E-state index < -0.39 is 0 Å². The van der Waals surface area contributed by atoms with Crippen LogP contribution in [-0.4, -0.2) is 49.7 Å². The molecule has 0 spiro atoms. The number of likely N-dealkylation sites (tertiary alicyclic amines) is 1. The molecule has 0 aromatic rings. The third-order valence-electron chi connectivity index (χ3n) is 3.33. The molecule has 0 saturated carbocycles. The number of nitrogens with zero attached hydrogens (tertiary/aromatic N) is 1. The van der Waals surface area contributed by atoms with Crippen LogP contribution < -0.4 is 5.32 Å². The monoisotopic (exact) mass is 268 g/mol. The summed E-state index contributed by atoms with van der Waals surface area (Å²) in [4.78, 5) is 14.2. The molecular formula is C15H28N2O2. The second-order valence-electron chi connectivity index (χ2n) is 5.43. The molecule has 1 N–H and O–H groups in total. The second kappa shape index (κ2) is 9.10. The fourth-order valence-corrected chi connectivity index (χ4v) is 2.25. The highest BCUT2D eigenvalue weighted by Crippen LogP contribution is 2.10. The summed E-state index contributed by atoms with van der Waals surface area (Å²) in [5.41, 5.74) is 1.02. The molecule has 1 fully saturated rings. The predicted octanol–water partition coefficient (Wildman–Crippen LogP) is 1.96. The van der Waals surface area contributed by atoms with Gasteiger partial charge in [0.15, 0.2) is 0 Å². The average molecular weight is 268 g/mol. The molecule has 1 aliphatic heterocycles. The molecule has 1 unspecified atom stereocenters. The predicted molar refractivity (Wildman–Crippen MR) is 78.1 cm³/mol. The summed E-state index contributed by atoms with van der Waals surface area (Å²) >= 11 is 0. The van der Waals surface area contributed by atoms with Crippen molar-refractivity contribution in [1.82, 2.24) is 10.2 Å². The fraction of sp³-hybridized carbons (Fsp3) is 0.800.